The van der Waals surface area contributed by atoms with Crippen molar-refractivity contribution in [1.29, 1.82) is 0 Å². The van der Waals surface area contributed by atoms with E-state index in [4.69, 9.17) is 4.74 Å². The Hall–Kier alpha value is -1.36. The molecular weight excluding hydrogens is 252 g/mol. The molecule has 0 bridgehead atoms. The summed E-state index contributed by atoms with van der Waals surface area (Å²) in [5, 5.41) is 6.54. The van der Waals surface area contributed by atoms with Crippen molar-refractivity contribution < 1.29 is 4.74 Å². The van der Waals surface area contributed by atoms with E-state index >= 15 is 0 Å². The molecule has 1 rings (SSSR count). The predicted octanol–water partition coefficient (Wildman–Crippen LogP) is 2.95. The summed E-state index contributed by atoms with van der Waals surface area (Å²) in [6.45, 7) is 11.6. The highest BCUT2D eigenvalue weighted by Crippen LogP contribution is 2.12. The van der Waals surface area contributed by atoms with Gasteiger partial charge in [-0.05, 0) is 19.3 Å². The molecule has 0 aliphatic heterocycles. The SMILES string of the molecule is CCCc1nc(NCC)cc(NCCOCC(C)C)n1. The molecule has 1 aromatic heterocycles. The van der Waals surface area contributed by atoms with Gasteiger partial charge in [0, 0.05) is 32.2 Å². The van der Waals surface area contributed by atoms with E-state index in [2.05, 4.69) is 48.3 Å². The van der Waals surface area contributed by atoms with E-state index in [-0.39, 0.29) is 0 Å². The fraction of sp³-hybridized carbons (Fsp3) is 0.733. The van der Waals surface area contributed by atoms with E-state index < -0.39 is 0 Å². The Morgan fingerprint density at radius 3 is 2.45 bits per heavy atom. The first-order valence-electron chi connectivity index (χ1n) is 7.59. The second-order valence-corrected chi connectivity index (χ2v) is 5.23. The molecule has 114 valence electrons. The van der Waals surface area contributed by atoms with Gasteiger partial charge in [-0.15, -0.1) is 0 Å². The lowest BCUT2D eigenvalue weighted by Crippen LogP contribution is -2.14. The fourth-order valence-corrected chi connectivity index (χ4v) is 1.77. The minimum atomic E-state index is 0.575. The van der Waals surface area contributed by atoms with Gasteiger partial charge in [0.15, 0.2) is 0 Å². The topological polar surface area (TPSA) is 59.1 Å². The lowest BCUT2D eigenvalue weighted by Gasteiger charge is -2.11. The van der Waals surface area contributed by atoms with E-state index in [9.17, 15) is 0 Å². The van der Waals surface area contributed by atoms with Crippen molar-refractivity contribution in [3.8, 4) is 0 Å². The summed E-state index contributed by atoms with van der Waals surface area (Å²) in [7, 11) is 0. The van der Waals surface area contributed by atoms with Gasteiger partial charge >= 0.3 is 0 Å². The molecule has 2 N–H and O–H groups in total. The highest BCUT2D eigenvalue weighted by atomic mass is 16.5. The number of aromatic nitrogens is 2. The first-order chi connectivity index (χ1) is 9.65. The van der Waals surface area contributed by atoms with Crippen molar-refractivity contribution in [2.45, 2.75) is 40.5 Å². The lowest BCUT2D eigenvalue weighted by atomic mass is 10.2. The van der Waals surface area contributed by atoms with Crippen molar-refractivity contribution in [2.75, 3.05) is 36.9 Å². The summed E-state index contributed by atoms with van der Waals surface area (Å²) >= 11 is 0. The highest BCUT2D eigenvalue weighted by Gasteiger charge is 2.03. The summed E-state index contributed by atoms with van der Waals surface area (Å²) in [5.74, 6) is 3.21. The minimum Gasteiger partial charge on any atom is -0.379 e. The van der Waals surface area contributed by atoms with Crippen molar-refractivity contribution in [3.05, 3.63) is 11.9 Å². The number of nitrogens with one attached hydrogen (secondary N) is 2. The third kappa shape index (κ3) is 6.70. The van der Waals surface area contributed by atoms with Crippen molar-refractivity contribution in [3.63, 3.8) is 0 Å². The maximum absolute atomic E-state index is 5.55. The average molecular weight is 280 g/mol. The van der Waals surface area contributed by atoms with Crippen molar-refractivity contribution in [2.24, 2.45) is 5.92 Å². The monoisotopic (exact) mass is 280 g/mol. The smallest absolute Gasteiger partial charge is 0.133 e. The van der Waals surface area contributed by atoms with Crippen LogP contribution in [0.4, 0.5) is 11.6 Å². The Morgan fingerprint density at radius 1 is 1.15 bits per heavy atom. The molecule has 20 heavy (non-hydrogen) atoms. The highest BCUT2D eigenvalue weighted by molar-refractivity contribution is 5.47. The molecule has 5 heteroatoms. The van der Waals surface area contributed by atoms with Crippen molar-refractivity contribution in [1.82, 2.24) is 9.97 Å². The summed E-state index contributed by atoms with van der Waals surface area (Å²) < 4.78 is 5.55. The molecule has 0 saturated heterocycles. The second kappa shape index (κ2) is 9.53. The van der Waals surface area contributed by atoms with Crippen LogP contribution in [0, 0.1) is 5.92 Å². The largest absolute Gasteiger partial charge is 0.379 e. The molecule has 0 aliphatic carbocycles. The molecule has 0 spiro atoms. The van der Waals surface area contributed by atoms with E-state index in [1.54, 1.807) is 0 Å². The lowest BCUT2D eigenvalue weighted by molar-refractivity contribution is 0.118. The van der Waals surface area contributed by atoms with Gasteiger partial charge in [-0.25, -0.2) is 9.97 Å². The second-order valence-electron chi connectivity index (χ2n) is 5.23. The predicted molar refractivity (Wildman–Crippen MR) is 84.3 cm³/mol. The third-order valence-electron chi connectivity index (χ3n) is 2.61. The first-order valence-corrected chi connectivity index (χ1v) is 7.59. The molecule has 0 radical (unpaired) electrons. The number of aryl methyl sites for hydroxylation is 1. The number of hydrogen-bond acceptors (Lipinski definition) is 5. The number of rotatable bonds is 10. The van der Waals surface area contributed by atoms with Crippen LogP contribution in [0.2, 0.25) is 0 Å². The van der Waals surface area contributed by atoms with Crippen LogP contribution in [-0.4, -0.2) is 36.3 Å². The summed E-state index contributed by atoms with van der Waals surface area (Å²) in [6.07, 6.45) is 1.95. The van der Waals surface area contributed by atoms with E-state index in [0.717, 1.165) is 50.0 Å². The molecule has 1 heterocycles. The summed E-state index contributed by atoms with van der Waals surface area (Å²) in [5.41, 5.74) is 0. The van der Waals surface area contributed by atoms with E-state index in [1.165, 1.54) is 0 Å². The normalized spacial score (nSPS) is 10.8. The molecule has 0 saturated carbocycles. The number of ether oxygens (including phenoxy) is 1. The van der Waals surface area contributed by atoms with E-state index in [0.29, 0.717) is 12.5 Å². The van der Waals surface area contributed by atoms with E-state index in [1.807, 2.05) is 6.07 Å². The summed E-state index contributed by atoms with van der Waals surface area (Å²) in [4.78, 5) is 9.01. The molecule has 0 aromatic carbocycles. The fourth-order valence-electron chi connectivity index (χ4n) is 1.77. The zero-order valence-electron chi connectivity index (χ0n) is 13.2. The standard InChI is InChI=1S/C15H28N4O/c1-5-7-13-18-14(16-6-2)10-15(19-13)17-8-9-20-11-12(3)4/h10,12H,5-9,11H2,1-4H3,(H2,16,17,18,19). The molecule has 0 amide bonds. The summed E-state index contributed by atoms with van der Waals surface area (Å²) in [6, 6.07) is 1.95. The Balaban J connectivity index is 2.50. The van der Waals surface area contributed by atoms with Crippen LogP contribution >= 0.6 is 0 Å². The Kier molecular flexibility index (Phi) is 7.95. The van der Waals surface area contributed by atoms with Crippen LogP contribution in [-0.2, 0) is 11.2 Å². The maximum atomic E-state index is 5.55. The van der Waals surface area contributed by atoms with Crippen LogP contribution in [0.1, 0.15) is 39.9 Å². The van der Waals surface area contributed by atoms with Gasteiger partial charge in [-0.1, -0.05) is 20.8 Å². The molecule has 0 fully saturated rings. The van der Waals surface area contributed by atoms with Gasteiger partial charge in [0.1, 0.15) is 17.5 Å². The average Bonchev–Trinajstić information content (AvgIpc) is 2.38. The van der Waals surface area contributed by atoms with Crippen LogP contribution in [0.5, 0.6) is 0 Å². The van der Waals surface area contributed by atoms with Crippen molar-refractivity contribution >= 4 is 11.6 Å². The first kappa shape index (κ1) is 16.7. The maximum Gasteiger partial charge on any atom is 0.133 e. The van der Waals surface area contributed by atoms with Gasteiger partial charge in [0.25, 0.3) is 0 Å². The zero-order chi connectivity index (χ0) is 14.8. The number of anilines is 2. The van der Waals surface area contributed by atoms with Gasteiger partial charge in [0.05, 0.1) is 6.61 Å². The molecular formula is C15H28N4O. The van der Waals surface area contributed by atoms with Crippen LogP contribution < -0.4 is 10.6 Å². The quantitative estimate of drug-likeness (QED) is 0.645. The van der Waals surface area contributed by atoms with Crippen LogP contribution in [0.15, 0.2) is 6.07 Å². The molecule has 0 aliphatic rings. The minimum absolute atomic E-state index is 0.575. The van der Waals surface area contributed by atoms with Gasteiger partial charge in [-0.3, -0.25) is 0 Å². The molecule has 1 aromatic rings. The van der Waals surface area contributed by atoms with Gasteiger partial charge < -0.3 is 15.4 Å². The van der Waals surface area contributed by atoms with Crippen LogP contribution in [0.25, 0.3) is 0 Å². The molecule has 0 unspecified atom stereocenters. The van der Waals surface area contributed by atoms with Gasteiger partial charge in [0.2, 0.25) is 0 Å². The van der Waals surface area contributed by atoms with Gasteiger partial charge in [-0.2, -0.15) is 0 Å². The number of hydrogen-bond donors (Lipinski definition) is 2. The number of nitrogens with zero attached hydrogens (tertiary/aromatic N) is 2. The Labute approximate surface area is 122 Å². The zero-order valence-corrected chi connectivity index (χ0v) is 13.2. The molecule has 5 nitrogen and oxygen atoms in total. The Bertz CT molecular complexity index is 358. The molecule has 0 atom stereocenters. The Morgan fingerprint density at radius 2 is 1.85 bits per heavy atom. The third-order valence-corrected chi connectivity index (χ3v) is 2.61. The van der Waals surface area contributed by atoms with Crippen LogP contribution in [0.3, 0.4) is 0 Å².